The normalized spacial score (nSPS) is 19.9. The third-order valence-electron chi connectivity index (χ3n) is 3.58. The molecule has 2 N–H and O–H groups in total. The maximum absolute atomic E-state index is 5.91. The van der Waals surface area contributed by atoms with Gasteiger partial charge in [-0.15, -0.1) is 0 Å². The van der Waals surface area contributed by atoms with Crippen LogP contribution in [0.15, 0.2) is 0 Å². The number of rotatable bonds is 6. The van der Waals surface area contributed by atoms with Crippen LogP contribution in [0.4, 0.5) is 0 Å². The monoisotopic (exact) mass is 227 g/mol. The Labute approximate surface area is 101 Å². The Morgan fingerprint density at radius 1 is 1.25 bits per heavy atom. The van der Waals surface area contributed by atoms with Crippen molar-refractivity contribution in [2.24, 2.45) is 5.73 Å². The lowest BCUT2D eigenvalue weighted by Gasteiger charge is -2.33. The number of nitrogens with two attached hydrogens (primary N) is 1. The molecule has 1 aliphatic heterocycles. The van der Waals surface area contributed by atoms with Crippen molar-refractivity contribution in [3.8, 4) is 0 Å². The van der Waals surface area contributed by atoms with E-state index in [-0.39, 0.29) is 0 Å². The standard InChI is InChI=1S/C13H29N3/c1-4-7-16(12(2)3)11-10-15-8-5-13(14)6-9-15/h12-13H,4-11,14H2,1-3H3. The first-order valence-electron chi connectivity index (χ1n) is 6.85. The number of piperidine rings is 1. The van der Waals surface area contributed by atoms with E-state index in [2.05, 4.69) is 30.6 Å². The molecule has 0 spiro atoms. The van der Waals surface area contributed by atoms with E-state index in [1.54, 1.807) is 0 Å². The summed E-state index contributed by atoms with van der Waals surface area (Å²) < 4.78 is 0. The summed E-state index contributed by atoms with van der Waals surface area (Å²) >= 11 is 0. The van der Waals surface area contributed by atoms with E-state index in [4.69, 9.17) is 5.73 Å². The molecule has 1 aliphatic rings. The van der Waals surface area contributed by atoms with E-state index in [0.29, 0.717) is 12.1 Å². The minimum absolute atomic E-state index is 0.452. The van der Waals surface area contributed by atoms with Gasteiger partial charge >= 0.3 is 0 Å². The van der Waals surface area contributed by atoms with Gasteiger partial charge in [0.25, 0.3) is 0 Å². The molecule has 0 aromatic rings. The molecule has 1 heterocycles. The van der Waals surface area contributed by atoms with Crippen LogP contribution in [-0.4, -0.2) is 54.6 Å². The summed E-state index contributed by atoms with van der Waals surface area (Å²) in [4.78, 5) is 5.14. The van der Waals surface area contributed by atoms with Crippen molar-refractivity contribution in [2.45, 2.75) is 52.1 Å². The van der Waals surface area contributed by atoms with E-state index in [9.17, 15) is 0 Å². The Bertz CT molecular complexity index is 174. The average molecular weight is 227 g/mol. The lowest BCUT2D eigenvalue weighted by molar-refractivity contribution is 0.154. The number of nitrogens with zero attached hydrogens (tertiary/aromatic N) is 2. The Morgan fingerprint density at radius 2 is 1.88 bits per heavy atom. The topological polar surface area (TPSA) is 32.5 Å². The molecule has 1 rings (SSSR count). The minimum atomic E-state index is 0.452. The smallest absolute Gasteiger partial charge is 0.0112 e. The van der Waals surface area contributed by atoms with E-state index < -0.39 is 0 Å². The summed E-state index contributed by atoms with van der Waals surface area (Å²) in [7, 11) is 0. The maximum Gasteiger partial charge on any atom is 0.0112 e. The van der Waals surface area contributed by atoms with Crippen molar-refractivity contribution in [1.82, 2.24) is 9.80 Å². The van der Waals surface area contributed by atoms with Gasteiger partial charge in [0.1, 0.15) is 0 Å². The molecule has 0 atom stereocenters. The lowest BCUT2D eigenvalue weighted by Crippen LogP contribution is -2.44. The summed E-state index contributed by atoms with van der Waals surface area (Å²) in [6.45, 7) is 12.9. The Hall–Kier alpha value is -0.120. The zero-order valence-corrected chi connectivity index (χ0v) is 11.3. The number of likely N-dealkylation sites (tertiary alicyclic amines) is 1. The Balaban J connectivity index is 2.21. The predicted octanol–water partition coefficient (Wildman–Crippen LogP) is 1.53. The van der Waals surface area contributed by atoms with Gasteiger partial charge in [0.2, 0.25) is 0 Å². The van der Waals surface area contributed by atoms with Gasteiger partial charge < -0.3 is 10.6 Å². The summed E-state index contributed by atoms with van der Waals surface area (Å²) in [6, 6.07) is 1.13. The highest BCUT2D eigenvalue weighted by Crippen LogP contribution is 2.08. The van der Waals surface area contributed by atoms with Gasteiger partial charge in [-0.2, -0.15) is 0 Å². The van der Waals surface area contributed by atoms with Gasteiger partial charge in [-0.25, -0.2) is 0 Å². The molecule has 0 radical (unpaired) electrons. The third-order valence-corrected chi connectivity index (χ3v) is 3.58. The summed E-state index contributed by atoms with van der Waals surface area (Å²) in [6.07, 6.45) is 3.61. The highest BCUT2D eigenvalue weighted by molar-refractivity contribution is 4.75. The molecule has 3 nitrogen and oxygen atoms in total. The predicted molar refractivity (Wildman–Crippen MR) is 70.6 cm³/mol. The fourth-order valence-electron chi connectivity index (χ4n) is 2.36. The van der Waals surface area contributed by atoms with Crippen molar-refractivity contribution in [2.75, 3.05) is 32.7 Å². The Morgan fingerprint density at radius 3 is 2.38 bits per heavy atom. The van der Waals surface area contributed by atoms with Crippen LogP contribution in [0.3, 0.4) is 0 Å². The highest BCUT2D eigenvalue weighted by atomic mass is 15.2. The molecular formula is C13H29N3. The highest BCUT2D eigenvalue weighted by Gasteiger charge is 2.17. The first kappa shape index (κ1) is 13.9. The molecule has 0 aliphatic carbocycles. The van der Waals surface area contributed by atoms with E-state index in [0.717, 1.165) is 0 Å². The summed E-state index contributed by atoms with van der Waals surface area (Å²) in [5.74, 6) is 0. The molecular weight excluding hydrogens is 198 g/mol. The lowest BCUT2D eigenvalue weighted by atomic mass is 10.1. The van der Waals surface area contributed by atoms with E-state index >= 15 is 0 Å². The zero-order chi connectivity index (χ0) is 12.0. The summed E-state index contributed by atoms with van der Waals surface area (Å²) in [5, 5.41) is 0. The average Bonchev–Trinajstić information content (AvgIpc) is 2.26. The Kier molecular flexibility index (Phi) is 6.32. The molecule has 0 bridgehead atoms. The molecule has 16 heavy (non-hydrogen) atoms. The van der Waals surface area contributed by atoms with Gasteiger partial charge in [-0.05, 0) is 52.7 Å². The van der Waals surface area contributed by atoms with Gasteiger partial charge in [0, 0.05) is 25.2 Å². The number of hydrogen-bond acceptors (Lipinski definition) is 3. The molecule has 1 fully saturated rings. The number of hydrogen-bond donors (Lipinski definition) is 1. The van der Waals surface area contributed by atoms with Gasteiger partial charge in [0.15, 0.2) is 0 Å². The second-order valence-corrected chi connectivity index (χ2v) is 5.31. The van der Waals surface area contributed by atoms with Crippen molar-refractivity contribution in [3.05, 3.63) is 0 Å². The van der Waals surface area contributed by atoms with E-state index in [1.807, 2.05) is 0 Å². The fraction of sp³-hybridized carbons (Fsp3) is 1.00. The van der Waals surface area contributed by atoms with Crippen LogP contribution >= 0.6 is 0 Å². The SMILES string of the molecule is CCCN(CCN1CCC(N)CC1)C(C)C. The second kappa shape index (κ2) is 7.25. The molecule has 1 saturated heterocycles. The van der Waals surface area contributed by atoms with E-state index in [1.165, 1.54) is 52.0 Å². The van der Waals surface area contributed by atoms with Crippen LogP contribution in [-0.2, 0) is 0 Å². The maximum atomic E-state index is 5.91. The molecule has 96 valence electrons. The van der Waals surface area contributed by atoms with Crippen LogP contribution in [0.25, 0.3) is 0 Å². The van der Waals surface area contributed by atoms with Gasteiger partial charge in [0.05, 0.1) is 0 Å². The van der Waals surface area contributed by atoms with Crippen LogP contribution in [0.5, 0.6) is 0 Å². The molecule has 0 unspecified atom stereocenters. The van der Waals surface area contributed by atoms with Crippen LogP contribution in [0.1, 0.15) is 40.0 Å². The van der Waals surface area contributed by atoms with Gasteiger partial charge in [-0.3, -0.25) is 4.90 Å². The molecule has 0 aromatic carbocycles. The molecule has 0 saturated carbocycles. The van der Waals surface area contributed by atoms with Crippen molar-refractivity contribution in [3.63, 3.8) is 0 Å². The molecule has 0 amide bonds. The van der Waals surface area contributed by atoms with Gasteiger partial charge in [-0.1, -0.05) is 6.92 Å². The van der Waals surface area contributed by atoms with Crippen molar-refractivity contribution in [1.29, 1.82) is 0 Å². The first-order valence-corrected chi connectivity index (χ1v) is 6.85. The van der Waals surface area contributed by atoms with Crippen molar-refractivity contribution < 1.29 is 0 Å². The summed E-state index contributed by atoms with van der Waals surface area (Å²) in [5.41, 5.74) is 5.91. The zero-order valence-electron chi connectivity index (χ0n) is 11.3. The quantitative estimate of drug-likeness (QED) is 0.747. The largest absolute Gasteiger partial charge is 0.328 e. The third kappa shape index (κ3) is 4.81. The van der Waals surface area contributed by atoms with Crippen LogP contribution < -0.4 is 5.73 Å². The minimum Gasteiger partial charge on any atom is -0.328 e. The molecule has 3 heteroatoms. The molecule has 0 aromatic heterocycles. The first-order chi connectivity index (χ1) is 7.63. The van der Waals surface area contributed by atoms with Crippen LogP contribution in [0.2, 0.25) is 0 Å². The van der Waals surface area contributed by atoms with Crippen LogP contribution in [0, 0.1) is 0 Å². The second-order valence-electron chi connectivity index (χ2n) is 5.31. The van der Waals surface area contributed by atoms with Crippen molar-refractivity contribution >= 4 is 0 Å². The fourth-order valence-corrected chi connectivity index (χ4v) is 2.36.